The molecule has 0 fully saturated rings. The van der Waals surface area contributed by atoms with Gasteiger partial charge < -0.3 is 4.57 Å². The monoisotopic (exact) mass is 236 g/mol. The zero-order valence-electron chi connectivity index (χ0n) is 5.56. The number of imidazole rings is 1. The molecule has 1 rings (SSSR count). The molecule has 1 aromatic rings. The predicted octanol–water partition coefficient (Wildman–Crippen LogP) is 1.59. The van der Waals surface area contributed by atoms with Crippen LogP contribution in [0, 0.1) is 3.70 Å². The Morgan fingerprint density at radius 1 is 1.78 bits per heavy atom. The predicted molar refractivity (Wildman–Crippen MR) is 45.3 cm³/mol. The van der Waals surface area contributed by atoms with Gasteiger partial charge in [0.15, 0.2) is 0 Å². The van der Waals surface area contributed by atoms with Gasteiger partial charge >= 0.3 is 0 Å². The summed E-state index contributed by atoms with van der Waals surface area (Å²) in [7, 11) is 2.01. The molecular weight excluding hydrogens is 227 g/mol. The van der Waals surface area contributed by atoms with Crippen molar-refractivity contribution in [1.82, 2.24) is 9.55 Å². The average Bonchev–Trinajstić information content (AvgIpc) is 2.15. The van der Waals surface area contributed by atoms with Crippen molar-refractivity contribution in [1.29, 1.82) is 0 Å². The molecule has 0 atom stereocenters. The molecule has 1 aromatic heterocycles. The molecule has 0 radical (unpaired) electrons. The van der Waals surface area contributed by atoms with E-state index in [0.717, 1.165) is 6.42 Å². The van der Waals surface area contributed by atoms with E-state index in [4.69, 9.17) is 0 Å². The van der Waals surface area contributed by atoms with E-state index >= 15 is 0 Å². The molecule has 1 heterocycles. The summed E-state index contributed by atoms with van der Waals surface area (Å²) >= 11 is 2.30. The first-order valence-electron chi connectivity index (χ1n) is 2.91. The first-order valence-corrected chi connectivity index (χ1v) is 3.99. The smallest absolute Gasteiger partial charge is 0.102 e. The summed E-state index contributed by atoms with van der Waals surface area (Å²) in [5.74, 6) is 0. The normalized spacial score (nSPS) is 10.1. The number of rotatable bonds is 1. The number of nitrogens with zero attached hydrogens (tertiary/aromatic N) is 2. The van der Waals surface area contributed by atoms with Crippen LogP contribution in [0.15, 0.2) is 6.33 Å². The Morgan fingerprint density at radius 3 is 2.67 bits per heavy atom. The van der Waals surface area contributed by atoms with Crippen molar-refractivity contribution in [3.63, 3.8) is 0 Å². The molecule has 0 unspecified atom stereocenters. The second kappa shape index (κ2) is 2.68. The molecule has 0 amide bonds. The third-order valence-electron chi connectivity index (χ3n) is 1.27. The van der Waals surface area contributed by atoms with Crippen molar-refractivity contribution in [2.45, 2.75) is 13.3 Å². The fraction of sp³-hybridized carbons (Fsp3) is 0.500. The van der Waals surface area contributed by atoms with Gasteiger partial charge in [0.25, 0.3) is 0 Å². The molecule has 2 nitrogen and oxygen atoms in total. The van der Waals surface area contributed by atoms with Crippen molar-refractivity contribution in [2.75, 3.05) is 0 Å². The van der Waals surface area contributed by atoms with Crippen LogP contribution in [0.4, 0.5) is 0 Å². The summed E-state index contributed by atoms with van der Waals surface area (Å²) in [4.78, 5) is 4.19. The molecule has 0 bridgehead atoms. The summed E-state index contributed by atoms with van der Waals surface area (Å²) in [6.07, 6.45) is 2.87. The number of halogens is 1. The minimum absolute atomic E-state index is 1.03. The van der Waals surface area contributed by atoms with E-state index in [9.17, 15) is 0 Å². The van der Waals surface area contributed by atoms with Crippen molar-refractivity contribution < 1.29 is 0 Å². The lowest BCUT2D eigenvalue weighted by Gasteiger charge is -1.91. The van der Waals surface area contributed by atoms with Crippen molar-refractivity contribution in [2.24, 2.45) is 7.05 Å². The highest BCUT2D eigenvalue weighted by atomic mass is 127. The topological polar surface area (TPSA) is 17.8 Å². The molecule has 50 valence electrons. The van der Waals surface area contributed by atoms with Crippen LogP contribution in [-0.2, 0) is 13.5 Å². The van der Waals surface area contributed by atoms with E-state index in [1.807, 2.05) is 17.9 Å². The summed E-state index contributed by atoms with van der Waals surface area (Å²) in [5, 5.41) is 0. The maximum atomic E-state index is 4.19. The number of aromatic nitrogens is 2. The average molecular weight is 236 g/mol. The van der Waals surface area contributed by atoms with Crippen LogP contribution in [0.2, 0.25) is 0 Å². The highest BCUT2D eigenvalue weighted by Crippen LogP contribution is 2.08. The minimum atomic E-state index is 1.03. The first kappa shape index (κ1) is 7.05. The van der Waals surface area contributed by atoms with E-state index in [2.05, 4.69) is 34.5 Å². The van der Waals surface area contributed by atoms with Gasteiger partial charge in [0.05, 0.1) is 12.0 Å². The van der Waals surface area contributed by atoms with Crippen LogP contribution in [0.1, 0.15) is 12.6 Å². The fourth-order valence-electron chi connectivity index (χ4n) is 0.701. The summed E-state index contributed by atoms with van der Waals surface area (Å²) in [6.45, 7) is 2.12. The van der Waals surface area contributed by atoms with E-state index in [0.29, 0.717) is 0 Å². The van der Waals surface area contributed by atoms with Gasteiger partial charge in [-0.1, -0.05) is 6.92 Å². The Morgan fingerprint density at radius 2 is 2.44 bits per heavy atom. The largest absolute Gasteiger partial charge is 0.329 e. The third-order valence-corrected chi connectivity index (χ3v) is 2.65. The van der Waals surface area contributed by atoms with E-state index in [1.165, 1.54) is 9.39 Å². The zero-order chi connectivity index (χ0) is 6.85. The second-order valence-corrected chi connectivity index (χ2v) is 2.97. The van der Waals surface area contributed by atoms with Crippen molar-refractivity contribution in [3.8, 4) is 0 Å². The molecule has 0 aromatic carbocycles. The molecule has 0 aliphatic rings. The molecule has 9 heavy (non-hydrogen) atoms. The molecule has 0 spiro atoms. The Balaban J connectivity index is 3.04. The zero-order valence-corrected chi connectivity index (χ0v) is 7.71. The summed E-state index contributed by atoms with van der Waals surface area (Å²) in [5.41, 5.74) is 1.19. The fourth-order valence-corrected chi connectivity index (χ4v) is 1.35. The maximum Gasteiger partial charge on any atom is 0.102 e. The van der Waals surface area contributed by atoms with Crippen LogP contribution in [0.5, 0.6) is 0 Å². The minimum Gasteiger partial charge on any atom is -0.329 e. The van der Waals surface area contributed by atoms with Gasteiger partial charge in [0.2, 0.25) is 0 Å². The van der Waals surface area contributed by atoms with Gasteiger partial charge in [0.1, 0.15) is 3.70 Å². The quantitative estimate of drug-likeness (QED) is 0.677. The third kappa shape index (κ3) is 1.26. The Kier molecular flexibility index (Phi) is 2.10. The SMILES string of the molecule is CCc1ncn(C)c1I. The Bertz CT molecular complexity index is 205. The van der Waals surface area contributed by atoms with Gasteiger partial charge in [-0.05, 0) is 29.0 Å². The van der Waals surface area contributed by atoms with E-state index < -0.39 is 0 Å². The van der Waals surface area contributed by atoms with Crippen LogP contribution < -0.4 is 0 Å². The van der Waals surface area contributed by atoms with Gasteiger partial charge in [-0.2, -0.15) is 0 Å². The highest BCUT2D eigenvalue weighted by Gasteiger charge is 2.00. The molecule has 0 aliphatic heterocycles. The van der Waals surface area contributed by atoms with Crippen LogP contribution in [-0.4, -0.2) is 9.55 Å². The molecule has 0 aliphatic carbocycles. The lowest BCUT2D eigenvalue weighted by Crippen LogP contribution is -1.89. The molecule has 0 N–H and O–H groups in total. The molecular formula is C6H9IN2. The molecule has 0 saturated carbocycles. The van der Waals surface area contributed by atoms with Gasteiger partial charge in [-0.3, -0.25) is 0 Å². The number of hydrogen-bond donors (Lipinski definition) is 0. The standard InChI is InChI=1S/C6H9IN2/c1-3-5-6(7)9(2)4-8-5/h4H,3H2,1-2H3. The Hall–Kier alpha value is -0.0600. The second-order valence-electron chi connectivity index (χ2n) is 1.95. The summed E-state index contributed by atoms with van der Waals surface area (Å²) < 4.78 is 3.27. The summed E-state index contributed by atoms with van der Waals surface area (Å²) in [6, 6.07) is 0. The van der Waals surface area contributed by atoms with Gasteiger partial charge in [-0.15, -0.1) is 0 Å². The Labute approximate surface area is 68.4 Å². The van der Waals surface area contributed by atoms with E-state index in [-0.39, 0.29) is 0 Å². The van der Waals surface area contributed by atoms with E-state index in [1.54, 1.807) is 0 Å². The van der Waals surface area contributed by atoms with Crippen LogP contribution >= 0.6 is 22.6 Å². The first-order chi connectivity index (χ1) is 4.25. The molecule has 3 heteroatoms. The highest BCUT2D eigenvalue weighted by molar-refractivity contribution is 14.1. The van der Waals surface area contributed by atoms with Crippen LogP contribution in [0.3, 0.4) is 0 Å². The lowest BCUT2D eigenvalue weighted by atomic mass is 10.4. The van der Waals surface area contributed by atoms with Crippen molar-refractivity contribution >= 4 is 22.6 Å². The lowest BCUT2D eigenvalue weighted by molar-refractivity contribution is 0.883. The van der Waals surface area contributed by atoms with Gasteiger partial charge in [0, 0.05) is 7.05 Å². The van der Waals surface area contributed by atoms with Crippen LogP contribution in [0.25, 0.3) is 0 Å². The maximum absolute atomic E-state index is 4.19. The number of aryl methyl sites for hydroxylation is 2. The van der Waals surface area contributed by atoms with Gasteiger partial charge in [-0.25, -0.2) is 4.98 Å². The number of hydrogen-bond acceptors (Lipinski definition) is 1. The van der Waals surface area contributed by atoms with Crippen molar-refractivity contribution in [3.05, 3.63) is 15.7 Å². The molecule has 0 saturated heterocycles.